The molecule has 13 heteroatoms. The number of fused-ring (bicyclic) bond motifs is 1. The number of amides is 2. The van der Waals surface area contributed by atoms with E-state index in [0.29, 0.717) is 18.2 Å². The quantitative estimate of drug-likeness (QED) is 0.266. The molecule has 4 aromatic rings. The fourth-order valence-electron chi connectivity index (χ4n) is 3.57. The molecule has 2 aromatic heterocycles. The third-order valence-corrected chi connectivity index (χ3v) is 5.27. The summed E-state index contributed by atoms with van der Waals surface area (Å²) in [6.45, 7) is -9.57. The predicted molar refractivity (Wildman–Crippen MR) is 133 cm³/mol. The summed E-state index contributed by atoms with van der Waals surface area (Å²) in [5, 5.41) is 10.2. The lowest BCUT2D eigenvalue weighted by Gasteiger charge is -2.18. The van der Waals surface area contributed by atoms with Crippen LogP contribution in [0.5, 0.6) is 11.6 Å². The van der Waals surface area contributed by atoms with Crippen molar-refractivity contribution in [2.24, 2.45) is 0 Å². The van der Waals surface area contributed by atoms with Crippen LogP contribution in [0.3, 0.4) is 0 Å². The van der Waals surface area contributed by atoms with Crippen molar-refractivity contribution in [3.05, 3.63) is 71.3 Å². The highest BCUT2D eigenvalue weighted by Gasteiger charge is 2.31. The second-order valence-corrected chi connectivity index (χ2v) is 7.73. The molecule has 0 fully saturated rings. The Labute approximate surface area is 235 Å². The Balaban J connectivity index is 1.73. The van der Waals surface area contributed by atoms with Crippen molar-refractivity contribution in [1.29, 1.82) is 0 Å². The molecule has 39 heavy (non-hydrogen) atoms. The summed E-state index contributed by atoms with van der Waals surface area (Å²) in [6.07, 6.45) is -4.16. The number of H-pyrrole nitrogens is 1. The van der Waals surface area contributed by atoms with Crippen LogP contribution in [0.2, 0.25) is 0 Å². The molecule has 0 unspecified atom stereocenters. The van der Waals surface area contributed by atoms with Crippen molar-refractivity contribution >= 4 is 22.7 Å². The highest BCUT2D eigenvalue weighted by Crippen LogP contribution is 2.30. The molecule has 4 rings (SSSR count). The summed E-state index contributed by atoms with van der Waals surface area (Å²) >= 11 is 0. The molecule has 204 valence electrons. The van der Waals surface area contributed by atoms with Gasteiger partial charge >= 0.3 is 6.36 Å². The molecule has 3 N–H and O–H groups in total. The van der Waals surface area contributed by atoms with Crippen molar-refractivity contribution in [2.75, 3.05) is 13.5 Å². The molecular weight excluding hydrogens is 522 g/mol. The maximum absolute atomic E-state index is 14.8. The molecule has 0 aliphatic carbocycles. The van der Waals surface area contributed by atoms with Crippen molar-refractivity contribution in [1.82, 2.24) is 25.8 Å². The number of rotatable bonds is 8. The summed E-state index contributed by atoms with van der Waals surface area (Å²) < 4.78 is 145. The molecule has 0 spiro atoms. The summed E-state index contributed by atoms with van der Waals surface area (Å²) in [5.74, 6) is -5.67. The van der Waals surface area contributed by atoms with Crippen LogP contribution in [0.15, 0.2) is 48.7 Å². The van der Waals surface area contributed by atoms with Gasteiger partial charge < -0.3 is 20.1 Å². The highest BCUT2D eigenvalue weighted by atomic mass is 19.4. The number of halogens is 4. The number of carbonyl (C=O) groups is 2. The smallest absolute Gasteiger partial charge is 0.480 e. The fourth-order valence-corrected chi connectivity index (χ4v) is 3.57. The number of nitrogens with one attached hydrogen (secondary N) is 3. The topological polar surface area (TPSA) is 118 Å². The molecule has 1 atom stereocenters. The minimum absolute atomic E-state index is 0.0615. The van der Waals surface area contributed by atoms with Gasteiger partial charge in [0.25, 0.3) is 11.8 Å². The number of aromatic nitrogens is 3. The van der Waals surface area contributed by atoms with E-state index in [1.54, 1.807) is 5.32 Å². The van der Waals surface area contributed by atoms with E-state index in [2.05, 4.69) is 19.9 Å². The zero-order chi connectivity index (χ0) is 37.6. The number of alkyl halides is 3. The number of methoxy groups -OCH3 is 1. The van der Waals surface area contributed by atoms with Crippen LogP contribution in [0.25, 0.3) is 22.0 Å². The van der Waals surface area contributed by atoms with E-state index >= 15 is 0 Å². The number of aromatic amines is 1. The second-order valence-electron chi connectivity index (χ2n) is 7.73. The minimum atomic E-state index is -5.22. The molecule has 2 aromatic carbocycles. The maximum atomic E-state index is 14.8. The largest absolute Gasteiger partial charge is 0.573 e. The zero-order valence-corrected chi connectivity index (χ0v) is 19.2. The van der Waals surface area contributed by atoms with Gasteiger partial charge in [-0.05, 0) is 55.7 Å². The molecule has 2 heterocycles. The average Bonchev–Trinajstić information content (AvgIpc) is 3.38. The van der Waals surface area contributed by atoms with Gasteiger partial charge in [0.15, 0.2) is 5.69 Å². The van der Waals surface area contributed by atoms with E-state index in [0.717, 1.165) is 12.3 Å². The lowest BCUT2D eigenvalue weighted by molar-refractivity contribution is -0.274. The van der Waals surface area contributed by atoms with E-state index in [4.69, 9.17) is 19.8 Å². The van der Waals surface area contributed by atoms with Gasteiger partial charge in [-0.3, -0.25) is 14.7 Å². The molecule has 2 amide bonds. The number of hydrogen-bond donors (Lipinski definition) is 3. The predicted octanol–water partition coefficient (Wildman–Crippen LogP) is 4.91. The van der Waals surface area contributed by atoms with Crippen LogP contribution in [0.4, 0.5) is 17.6 Å². The molecule has 0 aliphatic rings. The molecule has 0 saturated heterocycles. The Hall–Kier alpha value is -4.68. The van der Waals surface area contributed by atoms with E-state index in [9.17, 15) is 27.2 Å². The number of hydrogen-bond acceptors (Lipinski definition) is 6. The van der Waals surface area contributed by atoms with Gasteiger partial charge in [-0.2, -0.15) is 5.10 Å². The lowest BCUT2D eigenvalue weighted by Crippen LogP contribution is -2.28. The van der Waals surface area contributed by atoms with Crippen LogP contribution < -0.4 is 20.1 Å². The first-order valence-electron chi connectivity index (χ1n) is 16.1. The lowest BCUT2D eigenvalue weighted by atomic mass is 10.0. The van der Waals surface area contributed by atoms with Crippen LogP contribution in [0, 0.1) is 5.82 Å². The summed E-state index contributed by atoms with van der Waals surface area (Å²) in [5.41, 5.74) is -1.54. The molecule has 0 aliphatic heterocycles. The Kier molecular flexibility index (Phi) is 4.59. The summed E-state index contributed by atoms with van der Waals surface area (Å²) in [7, 11) is -3.18. The Bertz CT molecular complexity index is 1930. The van der Waals surface area contributed by atoms with Gasteiger partial charge in [0.05, 0.1) is 22.7 Å². The van der Waals surface area contributed by atoms with Crippen LogP contribution in [0.1, 0.15) is 61.2 Å². The first-order valence-corrected chi connectivity index (χ1v) is 10.6. The molecule has 0 radical (unpaired) electrons. The monoisotopic (exact) mass is 556 g/mol. The Morgan fingerprint density at radius 3 is 2.74 bits per heavy atom. The fraction of sp³-hybridized carbons (Fsp3) is 0.231. The minimum Gasteiger partial charge on any atom is -0.480 e. The van der Waals surface area contributed by atoms with E-state index in [1.165, 1.54) is 18.2 Å². The summed E-state index contributed by atoms with van der Waals surface area (Å²) in [4.78, 5) is 30.1. The maximum Gasteiger partial charge on any atom is 0.573 e. The number of nitrogens with zero attached hydrogens (tertiary/aromatic N) is 2. The van der Waals surface area contributed by atoms with Gasteiger partial charge in [0, 0.05) is 40.2 Å². The van der Waals surface area contributed by atoms with Crippen molar-refractivity contribution in [2.45, 2.75) is 26.1 Å². The normalized spacial score (nSPS) is 17.7. The van der Waals surface area contributed by atoms with Crippen molar-refractivity contribution in [3.8, 4) is 22.8 Å². The van der Waals surface area contributed by atoms with Gasteiger partial charge in [0.1, 0.15) is 17.1 Å². The van der Waals surface area contributed by atoms with Gasteiger partial charge in [0.2, 0.25) is 5.88 Å². The van der Waals surface area contributed by atoms with E-state index < -0.39 is 80.0 Å². The standard InChI is InChI=1S/C26H23F4N5O4/c1-4-31-24(37)22-17-7-5-14(10-21(17)34-35-22)15-9-19(25(38-3)32-12-15)23(36)33-13(2)18-11-16(6-8-20(18)27)39-26(28,29)30/h5-13H,4H2,1-3H3,(H,31,37)(H,33,36)(H,34,35)/t13-/m0/s1/i1D3,2D3,3D3,4D2. The first kappa shape index (κ1) is 16.3. The molecule has 0 bridgehead atoms. The molecular formula is C26H23F4N5O4. The van der Waals surface area contributed by atoms with E-state index in [1.807, 2.05) is 5.32 Å². The van der Waals surface area contributed by atoms with Crippen LogP contribution >= 0.6 is 0 Å². The van der Waals surface area contributed by atoms with Crippen molar-refractivity contribution in [3.63, 3.8) is 0 Å². The summed E-state index contributed by atoms with van der Waals surface area (Å²) in [6, 6.07) is 4.30. The second kappa shape index (κ2) is 11.0. The first-order chi connectivity index (χ1) is 22.8. The van der Waals surface area contributed by atoms with Gasteiger partial charge in [-0.1, -0.05) is 6.07 Å². The molecule has 0 saturated carbocycles. The number of pyridine rings is 1. The SMILES string of the molecule is [2H]C([2H])([2H])Oc1ncc(-c2ccc3c(C(=O)NC([2H])([2H])C([2H])([2H])[2H])n[nH]c3c2)cc1C(=O)N[C@H](c1cc(OC(F)(F)F)ccc1F)C([2H])([2H])[2H]. The van der Waals surface area contributed by atoms with E-state index in [-0.39, 0.29) is 27.7 Å². The average molecular weight is 557 g/mol. The van der Waals surface area contributed by atoms with Gasteiger partial charge in [-0.25, -0.2) is 9.37 Å². The highest BCUT2D eigenvalue weighted by molar-refractivity contribution is 6.05. The van der Waals surface area contributed by atoms with Crippen molar-refractivity contribution < 1.29 is 51.7 Å². The van der Waals surface area contributed by atoms with Crippen LogP contribution in [-0.2, 0) is 0 Å². The third-order valence-electron chi connectivity index (χ3n) is 5.27. The van der Waals surface area contributed by atoms with Crippen LogP contribution in [-0.4, -0.2) is 46.9 Å². The van der Waals surface area contributed by atoms with Gasteiger partial charge in [-0.15, -0.1) is 13.2 Å². The zero-order valence-electron chi connectivity index (χ0n) is 30.2. The molecule has 9 nitrogen and oxygen atoms in total. The number of ether oxygens (including phenoxy) is 2. The Morgan fingerprint density at radius 1 is 1.15 bits per heavy atom. The third kappa shape index (κ3) is 6.08. The number of carbonyl (C=O) groups excluding carboxylic acids is 2. The Morgan fingerprint density at radius 2 is 2.00 bits per heavy atom. The number of benzene rings is 2.